The van der Waals surface area contributed by atoms with E-state index in [0.717, 1.165) is 17.1 Å². The molecule has 0 saturated carbocycles. The molecular formula is C19H23N5O4S2. The molecule has 160 valence electrons. The summed E-state index contributed by atoms with van der Waals surface area (Å²) in [5.41, 5.74) is 1.62. The van der Waals surface area contributed by atoms with E-state index in [1.165, 1.54) is 11.8 Å². The lowest BCUT2D eigenvalue weighted by Crippen LogP contribution is -2.36. The molecule has 2 aromatic rings. The average molecular weight is 450 g/mol. The molecule has 2 unspecified atom stereocenters. The molecular weight excluding hydrogens is 426 g/mol. The summed E-state index contributed by atoms with van der Waals surface area (Å²) in [6.07, 6.45) is 0. The van der Waals surface area contributed by atoms with Crippen LogP contribution < -0.4 is 15.0 Å². The van der Waals surface area contributed by atoms with Crippen molar-refractivity contribution in [3.8, 4) is 5.75 Å². The Bertz CT molecular complexity index is 1060. The van der Waals surface area contributed by atoms with Crippen LogP contribution in [0.25, 0.3) is 0 Å². The number of aryl methyl sites for hydroxylation is 1. The molecule has 2 aliphatic rings. The van der Waals surface area contributed by atoms with Gasteiger partial charge in [0.2, 0.25) is 5.91 Å². The number of H-pyrrole nitrogens is 1. The number of amidine groups is 1. The highest BCUT2D eigenvalue weighted by molar-refractivity contribution is 8.15. The van der Waals surface area contributed by atoms with Crippen molar-refractivity contribution in [3.05, 3.63) is 36.0 Å². The summed E-state index contributed by atoms with van der Waals surface area (Å²) >= 11 is 1.42. The van der Waals surface area contributed by atoms with Crippen LogP contribution >= 0.6 is 11.8 Å². The molecule has 0 spiro atoms. The largest absolute Gasteiger partial charge is 0.494 e. The first-order valence-electron chi connectivity index (χ1n) is 9.60. The van der Waals surface area contributed by atoms with E-state index in [4.69, 9.17) is 4.74 Å². The normalized spacial score (nSPS) is 21.7. The number of rotatable bonds is 6. The quantitative estimate of drug-likeness (QED) is 0.691. The summed E-state index contributed by atoms with van der Waals surface area (Å²) in [6, 6.07) is 8.89. The van der Waals surface area contributed by atoms with Crippen molar-refractivity contribution in [3.63, 3.8) is 0 Å². The van der Waals surface area contributed by atoms with Crippen molar-refractivity contribution in [1.82, 2.24) is 10.2 Å². The Balaban J connectivity index is 1.56. The van der Waals surface area contributed by atoms with Crippen LogP contribution in [0.15, 0.2) is 35.3 Å². The highest BCUT2D eigenvalue weighted by atomic mass is 32.2. The Labute approximate surface area is 179 Å². The molecule has 1 saturated heterocycles. The first-order valence-corrected chi connectivity index (χ1v) is 12.3. The molecule has 1 fully saturated rings. The Morgan fingerprint density at radius 3 is 2.73 bits per heavy atom. The lowest BCUT2D eigenvalue weighted by Gasteiger charge is -2.24. The van der Waals surface area contributed by atoms with Crippen LogP contribution in [-0.2, 0) is 14.6 Å². The Kier molecular flexibility index (Phi) is 5.74. The summed E-state index contributed by atoms with van der Waals surface area (Å²) < 4.78 is 29.3. The minimum Gasteiger partial charge on any atom is -0.494 e. The average Bonchev–Trinajstić information content (AvgIpc) is 3.33. The minimum absolute atomic E-state index is 0.0257. The highest BCUT2D eigenvalue weighted by Gasteiger charge is 2.44. The van der Waals surface area contributed by atoms with Gasteiger partial charge in [0, 0.05) is 22.7 Å². The van der Waals surface area contributed by atoms with Gasteiger partial charge in [-0.2, -0.15) is 5.10 Å². The number of ether oxygens (including phenoxy) is 1. The maximum Gasteiger partial charge on any atom is 0.245 e. The molecule has 0 aliphatic carbocycles. The number of carbonyl (C=O) groups excluding carboxylic acids is 1. The fraction of sp³-hybridized carbons (Fsp3) is 0.421. The van der Waals surface area contributed by atoms with E-state index in [9.17, 15) is 13.2 Å². The molecule has 30 heavy (non-hydrogen) atoms. The Hall–Kier alpha value is -2.53. The molecule has 2 atom stereocenters. The number of hydrogen-bond acceptors (Lipinski definition) is 8. The van der Waals surface area contributed by atoms with E-state index in [1.54, 1.807) is 11.0 Å². The van der Waals surface area contributed by atoms with Crippen LogP contribution in [0.5, 0.6) is 5.75 Å². The van der Waals surface area contributed by atoms with Crippen molar-refractivity contribution in [2.45, 2.75) is 25.1 Å². The predicted octanol–water partition coefficient (Wildman–Crippen LogP) is 1.83. The topological polar surface area (TPSA) is 117 Å². The Morgan fingerprint density at radius 1 is 1.33 bits per heavy atom. The van der Waals surface area contributed by atoms with Crippen molar-refractivity contribution in [1.29, 1.82) is 0 Å². The summed E-state index contributed by atoms with van der Waals surface area (Å²) in [6.45, 7) is 4.36. The number of aromatic nitrogens is 2. The second kappa shape index (κ2) is 8.31. The first kappa shape index (κ1) is 20.7. The van der Waals surface area contributed by atoms with Crippen LogP contribution in [0.3, 0.4) is 0 Å². The van der Waals surface area contributed by atoms with Crippen LogP contribution in [0.4, 0.5) is 11.5 Å². The molecule has 11 heteroatoms. The number of anilines is 2. The summed E-state index contributed by atoms with van der Waals surface area (Å²) in [4.78, 5) is 19.1. The minimum atomic E-state index is -3.05. The highest BCUT2D eigenvalue weighted by Crippen LogP contribution is 2.37. The lowest BCUT2D eigenvalue weighted by atomic mass is 10.2. The van der Waals surface area contributed by atoms with Gasteiger partial charge in [-0.1, -0.05) is 11.8 Å². The third-order valence-corrected chi connectivity index (χ3v) is 8.02. The number of sulfone groups is 1. The van der Waals surface area contributed by atoms with Gasteiger partial charge in [0.1, 0.15) is 12.3 Å². The van der Waals surface area contributed by atoms with Crippen molar-refractivity contribution >= 4 is 44.2 Å². The lowest BCUT2D eigenvalue weighted by molar-refractivity contribution is -0.114. The second-order valence-corrected chi connectivity index (χ2v) is 10.6. The maximum atomic E-state index is 12.7. The van der Waals surface area contributed by atoms with Crippen LogP contribution in [0, 0.1) is 6.92 Å². The number of hydrogen-bond donors (Lipinski definition) is 2. The van der Waals surface area contributed by atoms with E-state index in [1.807, 2.05) is 38.1 Å². The van der Waals surface area contributed by atoms with E-state index in [2.05, 4.69) is 20.5 Å². The molecule has 0 radical (unpaired) electrons. The number of nitrogens with zero attached hydrogens (tertiary/aromatic N) is 3. The van der Waals surface area contributed by atoms with Gasteiger partial charge in [0.15, 0.2) is 20.8 Å². The molecule has 3 heterocycles. The number of benzene rings is 1. The van der Waals surface area contributed by atoms with Gasteiger partial charge in [-0.05, 0) is 38.1 Å². The van der Waals surface area contributed by atoms with Crippen LogP contribution in [-0.4, -0.2) is 65.6 Å². The zero-order valence-electron chi connectivity index (χ0n) is 16.7. The Morgan fingerprint density at radius 2 is 2.10 bits per heavy atom. The monoisotopic (exact) mass is 449 g/mol. The molecule has 0 bridgehead atoms. The summed E-state index contributed by atoms with van der Waals surface area (Å²) in [5.74, 6) is 1.12. The number of amides is 1. The third-order valence-electron chi connectivity index (χ3n) is 4.77. The maximum absolute atomic E-state index is 12.7. The zero-order valence-corrected chi connectivity index (χ0v) is 18.3. The number of fused-ring (bicyclic) bond motifs is 1. The van der Waals surface area contributed by atoms with Gasteiger partial charge in [0.05, 0.1) is 24.2 Å². The van der Waals surface area contributed by atoms with Crippen molar-refractivity contribution in [2.75, 3.05) is 34.9 Å². The second-order valence-electron chi connectivity index (χ2n) is 7.21. The van der Waals surface area contributed by atoms with Crippen LogP contribution in [0.2, 0.25) is 0 Å². The molecule has 1 aromatic heterocycles. The number of thioether (sulfide) groups is 1. The fourth-order valence-electron chi connectivity index (χ4n) is 3.44. The third kappa shape index (κ3) is 4.62. The molecule has 2 aliphatic heterocycles. The van der Waals surface area contributed by atoms with Crippen molar-refractivity contribution in [2.24, 2.45) is 4.99 Å². The molecule has 1 amide bonds. The fourth-order valence-corrected chi connectivity index (χ4v) is 7.22. The van der Waals surface area contributed by atoms with E-state index >= 15 is 0 Å². The molecule has 2 N–H and O–H groups in total. The zero-order chi connectivity index (χ0) is 21.3. The molecule has 9 nitrogen and oxygen atoms in total. The molecule has 1 aromatic carbocycles. The van der Waals surface area contributed by atoms with E-state index < -0.39 is 9.84 Å². The van der Waals surface area contributed by atoms with Gasteiger partial charge in [-0.25, -0.2) is 8.42 Å². The number of nitrogens with one attached hydrogen (secondary N) is 2. The number of carbonyl (C=O) groups is 1. The van der Waals surface area contributed by atoms with Gasteiger partial charge in [-0.3, -0.25) is 14.9 Å². The number of aliphatic imine (C=N–C) groups is 1. The van der Waals surface area contributed by atoms with E-state index in [-0.39, 0.29) is 35.2 Å². The van der Waals surface area contributed by atoms with Crippen LogP contribution in [0.1, 0.15) is 12.6 Å². The standard InChI is InChI=1S/C19H23N5O4S2/c1-3-28-14-6-4-13(5-7-14)24(9-18(25)21-17-8-12(2)22-23-17)19-20-15-10-30(26,27)11-16(15)29-19/h4-8,15-16H,3,9-11H2,1-2H3,(H2,21,22,23,25). The predicted molar refractivity (Wildman–Crippen MR) is 118 cm³/mol. The van der Waals surface area contributed by atoms with Gasteiger partial charge < -0.3 is 15.0 Å². The SMILES string of the molecule is CCOc1ccc(N(CC(=O)Nc2cc(C)[nH]n2)C2=NC3CS(=O)(=O)CC3S2)cc1. The van der Waals surface area contributed by atoms with Gasteiger partial charge >= 0.3 is 0 Å². The summed E-state index contributed by atoms with van der Waals surface area (Å²) in [5, 5.41) is 10.1. The summed E-state index contributed by atoms with van der Waals surface area (Å²) in [7, 11) is -3.05. The van der Waals surface area contributed by atoms with Crippen molar-refractivity contribution < 1.29 is 17.9 Å². The molecule has 4 rings (SSSR count). The number of aromatic amines is 1. The van der Waals surface area contributed by atoms with Gasteiger partial charge in [0.25, 0.3) is 0 Å². The smallest absolute Gasteiger partial charge is 0.245 e. The van der Waals surface area contributed by atoms with E-state index in [0.29, 0.717) is 17.6 Å². The first-order chi connectivity index (χ1) is 14.3. The van der Waals surface area contributed by atoms with Gasteiger partial charge in [-0.15, -0.1) is 0 Å².